The summed E-state index contributed by atoms with van der Waals surface area (Å²) in [6.45, 7) is 0.776. The van der Waals surface area contributed by atoms with Crippen LogP contribution in [0.5, 0.6) is 0 Å². The lowest BCUT2D eigenvalue weighted by Gasteiger charge is -2.03. The van der Waals surface area contributed by atoms with Crippen LogP contribution in [-0.4, -0.2) is 46.5 Å². The first-order valence-electron chi connectivity index (χ1n) is 4.19. The second kappa shape index (κ2) is 5.77. The predicted molar refractivity (Wildman–Crippen MR) is 54.6 cm³/mol. The molecule has 0 amide bonds. The van der Waals surface area contributed by atoms with Gasteiger partial charge in [-0.3, -0.25) is 4.79 Å². The summed E-state index contributed by atoms with van der Waals surface area (Å²) in [6.07, 6.45) is 3.48. The van der Waals surface area contributed by atoms with Crippen LogP contribution >= 0.6 is 11.8 Å². The molecule has 6 heteroatoms. The van der Waals surface area contributed by atoms with Crippen molar-refractivity contribution >= 4 is 17.5 Å². The minimum atomic E-state index is -0.0846. The van der Waals surface area contributed by atoms with E-state index in [2.05, 4.69) is 10.3 Å². The van der Waals surface area contributed by atoms with E-state index in [1.165, 1.54) is 13.3 Å². The zero-order valence-corrected chi connectivity index (χ0v) is 9.08. The third-order valence-electron chi connectivity index (χ3n) is 1.69. The molecule has 0 aliphatic carbocycles. The molecule has 0 aliphatic heterocycles. The lowest BCUT2D eigenvalue weighted by atomic mass is 10.3. The number of methoxy groups -OCH3 is 1. The van der Waals surface area contributed by atoms with E-state index in [1.807, 2.05) is 6.26 Å². The third-order valence-corrected chi connectivity index (χ3v) is 2.28. The van der Waals surface area contributed by atoms with Gasteiger partial charge in [0.2, 0.25) is 5.78 Å². The molecular weight excluding hydrogens is 202 g/mol. The molecule has 1 rings (SSSR count). The van der Waals surface area contributed by atoms with Crippen LogP contribution in [0.2, 0.25) is 0 Å². The van der Waals surface area contributed by atoms with Crippen molar-refractivity contribution in [3.05, 3.63) is 11.9 Å². The molecular formula is C8H13N3O2S. The van der Waals surface area contributed by atoms with E-state index in [1.54, 1.807) is 16.4 Å². The fraction of sp³-hybridized carbons (Fsp3) is 0.625. The quantitative estimate of drug-likeness (QED) is 0.646. The fourth-order valence-electron chi connectivity index (χ4n) is 1.02. The molecule has 0 atom stereocenters. The number of aryl methyl sites for hydroxylation is 1. The van der Waals surface area contributed by atoms with Crippen LogP contribution in [0.4, 0.5) is 0 Å². The van der Waals surface area contributed by atoms with Gasteiger partial charge >= 0.3 is 0 Å². The maximum atomic E-state index is 11.5. The van der Waals surface area contributed by atoms with Gasteiger partial charge in [-0.2, -0.15) is 11.8 Å². The first-order chi connectivity index (χ1) is 6.79. The largest absolute Gasteiger partial charge is 0.376 e. The van der Waals surface area contributed by atoms with E-state index in [0.29, 0.717) is 12.2 Å². The molecule has 1 aromatic heterocycles. The minimum absolute atomic E-state index is 0.0760. The summed E-state index contributed by atoms with van der Waals surface area (Å²) in [5.41, 5.74) is 0.515. The number of aromatic nitrogens is 3. The van der Waals surface area contributed by atoms with E-state index < -0.39 is 0 Å². The van der Waals surface area contributed by atoms with Crippen LogP contribution in [0.3, 0.4) is 0 Å². The first-order valence-corrected chi connectivity index (χ1v) is 5.58. The zero-order chi connectivity index (χ0) is 10.4. The molecule has 14 heavy (non-hydrogen) atoms. The van der Waals surface area contributed by atoms with E-state index in [-0.39, 0.29) is 12.4 Å². The lowest BCUT2D eigenvalue weighted by molar-refractivity contribution is 0.0837. The Hall–Kier alpha value is -0.880. The second-order valence-corrected chi connectivity index (χ2v) is 3.68. The number of nitrogens with zero attached hydrogens (tertiary/aromatic N) is 3. The molecule has 0 aliphatic rings. The number of ketones is 1. The summed E-state index contributed by atoms with van der Waals surface area (Å²) in [5, 5.41) is 7.54. The molecule has 0 saturated heterocycles. The average molecular weight is 215 g/mol. The maximum Gasteiger partial charge on any atom is 0.208 e. The number of ether oxygens (including phenoxy) is 1. The fourth-order valence-corrected chi connectivity index (χ4v) is 1.38. The normalized spacial score (nSPS) is 10.4. The van der Waals surface area contributed by atoms with Gasteiger partial charge in [-0.15, -0.1) is 5.10 Å². The van der Waals surface area contributed by atoms with E-state index >= 15 is 0 Å². The topological polar surface area (TPSA) is 57.0 Å². The number of hydrogen-bond acceptors (Lipinski definition) is 5. The van der Waals surface area contributed by atoms with Gasteiger partial charge in [-0.1, -0.05) is 5.21 Å². The predicted octanol–water partition coefficient (Wildman–Crippen LogP) is 0.470. The Kier molecular flexibility index (Phi) is 4.61. The van der Waals surface area contributed by atoms with Crippen molar-refractivity contribution in [2.24, 2.45) is 0 Å². The van der Waals surface area contributed by atoms with Gasteiger partial charge < -0.3 is 4.74 Å². The SMILES string of the molecule is COCC(=O)c1cnnn1CCSC. The summed E-state index contributed by atoms with van der Waals surface area (Å²) >= 11 is 1.70. The van der Waals surface area contributed by atoms with Gasteiger partial charge in [0.1, 0.15) is 12.3 Å². The highest BCUT2D eigenvalue weighted by Gasteiger charge is 2.11. The highest BCUT2D eigenvalue weighted by molar-refractivity contribution is 7.98. The van der Waals surface area contributed by atoms with Crippen molar-refractivity contribution in [1.82, 2.24) is 15.0 Å². The first kappa shape index (κ1) is 11.2. The van der Waals surface area contributed by atoms with Crippen LogP contribution < -0.4 is 0 Å². The number of thioether (sulfide) groups is 1. The molecule has 0 spiro atoms. The number of carbonyl (C=O) groups is 1. The Morgan fingerprint density at radius 3 is 3.14 bits per heavy atom. The van der Waals surface area contributed by atoms with E-state index in [0.717, 1.165) is 5.75 Å². The van der Waals surface area contributed by atoms with Crippen LogP contribution in [0, 0.1) is 0 Å². The molecule has 78 valence electrons. The lowest BCUT2D eigenvalue weighted by Crippen LogP contribution is -2.15. The molecule has 0 unspecified atom stereocenters. The molecule has 0 bridgehead atoms. The van der Waals surface area contributed by atoms with E-state index in [9.17, 15) is 4.79 Å². The molecule has 0 radical (unpaired) electrons. The molecule has 0 aromatic carbocycles. The number of hydrogen-bond donors (Lipinski definition) is 0. The minimum Gasteiger partial charge on any atom is -0.376 e. The Labute approximate surface area is 86.8 Å². The maximum absolute atomic E-state index is 11.5. The van der Waals surface area contributed by atoms with Gasteiger partial charge in [-0.25, -0.2) is 4.68 Å². The Morgan fingerprint density at radius 1 is 1.71 bits per heavy atom. The van der Waals surface area contributed by atoms with Crippen molar-refractivity contribution in [1.29, 1.82) is 0 Å². The van der Waals surface area contributed by atoms with Crippen LogP contribution in [0.1, 0.15) is 10.5 Å². The van der Waals surface area contributed by atoms with Crippen LogP contribution in [0.25, 0.3) is 0 Å². The summed E-state index contributed by atoms with van der Waals surface area (Å²) < 4.78 is 6.37. The Bertz CT molecular complexity index is 301. The number of rotatable bonds is 6. The van der Waals surface area contributed by atoms with Crippen LogP contribution in [-0.2, 0) is 11.3 Å². The summed E-state index contributed by atoms with van der Waals surface area (Å²) in [6, 6.07) is 0. The van der Waals surface area contributed by atoms with Gasteiger partial charge in [0.15, 0.2) is 0 Å². The van der Waals surface area contributed by atoms with Crippen molar-refractivity contribution in [3.8, 4) is 0 Å². The third kappa shape index (κ3) is 2.81. The molecule has 0 N–H and O–H groups in total. The monoisotopic (exact) mass is 215 g/mol. The highest BCUT2D eigenvalue weighted by atomic mass is 32.2. The second-order valence-electron chi connectivity index (χ2n) is 2.69. The summed E-state index contributed by atoms with van der Waals surface area (Å²) in [5.74, 6) is 0.829. The van der Waals surface area contributed by atoms with Gasteiger partial charge in [0.05, 0.1) is 12.7 Å². The van der Waals surface area contributed by atoms with Crippen molar-refractivity contribution in [2.75, 3.05) is 25.7 Å². The van der Waals surface area contributed by atoms with Gasteiger partial charge in [-0.05, 0) is 6.26 Å². The van der Waals surface area contributed by atoms with Crippen molar-refractivity contribution < 1.29 is 9.53 Å². The van der Waals surface area contributed by atoms with Crippen molar-refractivity contribution in [2.45, 2.75) is 6.54 Å². The van der Waals surface area contributed by atoms with Crippen molar-refractivity contribution in [3.63, 3.8) is 0 Å². The average Bonchev–Trinajstić information content (AvgIpc) is 2.63. The zero-order valence-electron chi connectivity index (χ0n) is 8.27. The Balaban J connectivity index is 2.66. The van der Waals surface area contributed by atoms with E-state index in [4.69, 9.17) is 4.74 Å². The summed E-state index contributed by atoms with van der Waals surface area (Å²) in [4.78, 5) is 11.5. The highest BCUT2D eigenvalue weighted by Crippen LogP contribution is 2.01. The van der Waals surface area contributed by atoms with Gasteiger partial charge in [0.25, 0.3) is 0 Å². The van der Waals surface area contributed by atoms with Crippen LogP contribution in [0.15, 0.2) is 6.20 Å². The Morgan fingerprint density at radius 2 is 2.50 bits per heavy atom. The molecule has 5 nitrogen and oxygen atoms in total. The number of Topliss-reactive ketones (excluding diaryl/α,β-unsaturated/α-hetero) is 1. The smallest absolute Gasteiger partial charge is 0.208 e. The molecule has 1 aromatic rings. The number of carbonyl (C=O) groups excluding carboxylic acids is 1. The van der Waals surface area contributed by atoms with Gasteiger partial charge in [0, 0.05) is 12.9 Å². The molecule has 0 fully saturated rings. The molecule has 0 saturated carbocycles. The standard InChI is InChI=1S/C8H13N3O2S/c1-13-6-8(12)7-5-9-10-11(7)3-4-14-2/h5H,3-4,6H2,1-2H3. The summed E-state index contributed by atoms with van der Waals surface area (Å²) in [7, 11) is 1.49. The molecule has 1 heterocycles.